The van der Waals surface area contributed by atoms with Crippen LogP contribution in [-0.2, 0) is 12.8 Å². The number of hydrogen-bond acceptors (Lipinski definition) is 6. The minimum absolute atomic E-state index is 0.0324. The molecule has 3 rings (SSSR count). The predicted molar refractivity (Wildman–Crippen MR) is 71.1 cm³/mol. The molecule has 24 heavy (non-hydrogen) atoms. The Labute approximate surface area is 132 Å². The topological polar surface area (TPSA) is 73.9 Å². The normalized spacial score (nSPS) is 11.5. The van der Waals surface area contributed by atoms with Gasteiger partial charge in [-0.1, -0.05) is 11.2 Å². The zero-order chi connectivity index (χ0) is 17.2. The third-order valence-electron chi connectivity index (χ3n) is 2.89. The molecular weight excluding hydrogens is 332 g/mol. The van der Waals surface area contributed by atoms with Crippen molar-refractivity contribution in [2.45, 2.75) is 12.8 Å². The molecule has 0 aliphatic rings. The largest absolute Gasteiger partial charge is 0.486 e. The molecule has 0 amide bonds. The summed E-state index contributed by atoms with van der Waals surface area (Å²) >= 11 is 0. The monoisotopic (exact) mass is 340 g/mol. The molecule has 2 heterocycles. The number of halogens is 4. The molecule has 2 aromatic heterocycles. The number of benzene rings is 1. The van der Waals surface area contributed by atoms with Crippen LogP contribution >= 0.6 is 0 Å². The molecule has 0 bridgehead atoms. The maximum atomic E-state index is 14.1. The highest BCUT2D eigenvalue weighted by atomic mass is 19.4. The van der Waals surface area contributed by atoms with Crippen molar-refractivity contribution in [2.75, 3.05) is 0 Å². The quantitative estimate of drug-likeness (QED) is 0.679. The highest BCUT2D eigenvalue weighted by Crippen LogP contribution is 2.30. The van der Waals surface area contributed by atoms with Gasteiger partial charge in [-0.15, -0.1) is 0 Å². The Balaban J connectivity index is 1.76. The van der Waals surface area contributed by atoms with Gasteiger partial charge in [0.05, 0.1) is 18.0 Å². The van der Waals surface area contributed by atoms with Gasteiger partial charge in [0.1, 0.15) is 18.8 Å². The maximum Gasteiger partial charge on any atom is 0.471 e. The average Bonchev–Trinajstić information content (AvgIpc) is 3.04. The van der Waals surface area contributed by atoms with Crippen molar-refractivity contribution in [2.24, 2.45) is 0 Å². The molecule has 6 nitrogen and oxygen atoms in total. The Morgan fingerprint density at radius 2 is 1.88 bits per heavy atom. The molecule has 0 radical (unpaired) electrons. The number of ether oxygens (including phenoxy) is 1. The van der Waals surface area contributed by atoms with E-state index < -0.39 is 23.7 Å². The lowest BCUT2D eigenvalue weighted by atomic mass is 10.1. The fraction of sp³-hybridized carbons (Fsp3) is 0.143. The first-order chi connectivity index (χ1) is 11.4. The molecule has 0 aliphatic carbocycles. The molecule has 0 saturated heterocycles. The summed E-state index contributed by atoms with van der Waals surface area (Å²) in [5.74, 6) is -2.41. The first-order valence-electron chi connectivity index (χ1n) is 6.51. The van der Waals surface area contributed by atoms with Crippen LogP contribution in [-0.4, -0.2) is 20.1 Å². The fourth-order valence-corrected chi connectivity index (χ4v) is 1.80. The van der Waals surface area contributed by atoms with E-state index in [1.54, 1.807) is 0 Å². The average molecular weight is 340 g/mol. The summed E-state index contributed by atoms with van der Waals surface area (Å²) < 4.78 is 60.8. The van der Waals surface area contributed by atoms with E-state index in [2.05, 4.69) is 24.6 Å². The van der Waals surface area contributed by atoms with Crippen LogP contribution < -0.4 is 4.74 Å². The van der Waals surface area contributed by atoms with E-state index >= 15 is 0 Å². The molecule has 0 fully saturated rings. The van der Waals surface area contributed by atoms with Crippen LogP contribution in [0, 0.1) is 5.82 Å². The molecule has 124 valence electrons. The Bertz CT molecular complexity index is 836. The van der Waals surface area contributed by atoms with Gasteiger partial charge in [-0.25, -0.2) is 14.4 Å². The van der Waals surface area contributed by atoms with Crippen molar-refractivity contribution >= 4 is 0 Å². The van der Waals surface area contributed by atoms with Gasteiger partial charge in [0, 0.05) is 0 Å². The van der Waals surface area contributed by atoms with Crippen LogP contribution in [0.2, 0.25) is 0 Å². The van der Waals surface area contributed by atoms with Crippen molar-refractivity contribution in [3.8, 4) is 17.1 Å². The smallest absolute Gasteiger partial charge is 0.471 e. The molecule has 0 unspecified atom stereocenters. The van der Waals surface area contributed by atoms with E-state index in [9.17, 15) is 17.6 Å². The molecule has 1 aromatic carbocycles. The lowest BCUT2D eigenvalue weighted by molar-refractivity contribution is -0.159. The Kier molecular flexibility index (Phi) is 4.11. The van der Waals surface area contributed by atoms with Crippen LogP contribution in [0.5, 0.6) is 5.75 Å². The number of hydrogen-bond donors (Lipinski definition) is 0. The summed E-state index contributed by atoms with van der Waals surface area (Å²) in [6.07, 6.45) is -0.569. The third-order valence-corrected chi connectivity index (χ3v) is 2.89. The molecule has 0 N–H and O–H groups in total. The van der Waals surface area contributed by atoms with Crippen molar-refractivity contribution < 1.29 is 26.8 Å². The second kappa shape index (κ2) is 6.22. The molecule has 0 atom stereocenters. The summed E-state index contributed by atoms with van der Waals surface area (Å²) in [4.78, 5) is 10.7. The molecule has 10 heteroatoms. The first-order valence-corrected chi connectivity index (χ1v) is 6.51. The third kappa shape index (κ3) is 3.47. The summed E-state index contributed by atoms with van der Waals surface area (Å²) in [6.45, 7) is 0.0324. The van der Waals surface area contributed by atoms with E-state index in [1.165, 1.54) is 30.9 Å². The number of alkyl halides is 3. The van der Waals surface area contributed by atoms with Crippen molar-refractivity contribution in [3.05, 3.63) is 54.2 Å². The molecule has 0 saturated carbocycles. The number of rotatable bonds is 4. The van der Waals surface area contributed by atoms with E-state index in [0.29, 0.717) is 11.3 Å². The van der Waals surface area contributed by atoms with Gasteiger partial charge in [0.15, 0.2) is 5.75 Å². The van der Waals surface area contributed by atoms with Gasteiger partial charge in [-0.3, -0.25) is 0 Å². The van der Waals surface area contributed by atoms with Gasteiger partial charge >= 0.3 is 12.1 Å². The van der Waals surface area contributed by atoms with Crippen LogP contribution in [0.15, 0.2) is 41.4 Å². The summed E-state index contributed by atoms with van der Waals surface area (Å²) in [6, 6.07) is 3.84. The van der Waals surface area contributed by atoms with Crippen molar-refractivity contribution in [1.82, 2.24) is 20.1 Å². The van der Waals surface area contributed by atoms with E-state index in [4.69, 9.17) is 4.74 Å². The highest BCUT2D eigenvalue weighted by Gasteiger charge is 2.38. The predicted octanol–water partition coefficient (Wildman–Crippen LogP) is 3.26. The van der Waals surface area contributed by atoms with Crippen LogP contribution in [0.3, 0.4) is 0 Å². The Hall–Kier alpha value is -3.04. The van der Waals surface area contributed by atoms with Crippen LogP contribution in [0.1, 0.15) is 11.5 Å². The summed E-state index contributed by atoms with van der Waals surface area (Å²) in [7, 11) is 0. The second-order valence-corrected chi connectivity index (χ2v) is 4.60. The molecule has 3 aromatic rings. The summed E-state index contributed by atoms with van der Waals surface area (Å²) in [5, 5.41) is 3.14. The highest BCUT2D eigenvalue weighted by molar-refractivity contribution is 5.55. The molecular formula is C14H8F4N4O2. The zero-order valence-corrected chi connectivity index (χ0v) is 11.8. The first kappa shape index (κ1) is 15.8. The van der Waals surface area contributed by atoms with Gasteiger partial charge in [-0.2, -0.15) is 18.2 Å². The molecule has 0 spiro atoms. The molecule has 0 aliphatic heterocycles. The SMILES string of the molecule is Fc1cc(COc2cncnc2)ccc1-c1noc(C(F)(F)F)n1. The number of aromatic nitrogens is 4. The van der Waals surface area contributed by atoms with Crippen molar-refractivity contribution in [3.63, 3.8) is 0 Å². The Morgan fingerprint density at radius 3 is 2.50 bits per heavy atom. The van der Waals surface area contributed by atoms with Gasteiger partial charge in [0.25, 0.3) is 0 Å². The standard InChI is InChI=1S/C14H8F4N4O2/c15-11-3-8(6-23-9-4-19-7-20-5-9)1-2-10(11)12-21-13(24-22-12)14(16,17)18/h1-5,7H,6H2. The van der Waals surface area contributed by atoms with Gasteiger partial charge < -0.3 is 9.26 Å². The lowest BCUT2D eigenvalue weighted by Crippen LogP contribution is -2.05. The van der Waals surface area contributed by atoms with E-state index in [0.717, 1.165) is 6.07 Å². The fourth-order valence-electron chi connectivity index (χ4n) is 1.80. The minimum atomic E-state index is -4.78. The summed E-state index contributed by atoms with van der Waals surface area (Å²) in [5.41, 5.74) is 0.251. The zero-order valence-electron chi connectivity index (χ0n) is 11.8. The van der Waals surface area contributed by atoms with Gasteiger partial charge in [0.2, 0.25) is 5.82 Å². The van der Waals surface area contributed by atoms with Crippen molar-refractivity contribution in [1.29, 1.82) is 0 Å². The van der Waals surface area contributed by atoms with E-state index in [-0.39, 0.29) is 12.2 Å². The van der Waals surface area contributed by atoms with Crippen LogP contribution in [0.4, 0.5) is 17.6 Å². The maximum absolute atomic E-state index is 14.1. The van der Waals surface area contributed by atoms with E-state index in [1.807, 2.05) is 0 Å². The Morgan fingerprint density at radius 1 is 1.12 bits per heavy atom. The number of nitrogens with zero attached hydrogens (tertiary/aromatic N) is 4. The van der Waals surface area contributed by atoms with Gasteiger partial charge in [-0.05, 0) is 17.7 Å². The second-order valence-electron chi connectivity index (χ2n) is 4.60. The van der Waals surface area contributed by atoms with Crippen LogP contribution in [0.25, 0.3) is 11.4 Å². The lowest BCUT2D eigenvalue weighted by Gasteiger charge is -2.06. The minimum Gasteiger partial charge on any atom is -0.486 e.